The zero-order valence-electron chi connectivity index (χ0n) is 17.0. The average Bonchev–Trinajstić information content (AvgIpc) is 3.51. The van der Waals surface area contributed by atoms with Crippen LogP contribution >= 0.6 is 0 Å². The molecule has 0 aromatic heterocycles. The second kappa shape index (κ2) is 7.83. The number of hydrogen-bond acceptors (Lipinski definition) is 3. The summed E-state index contributed by atoms with van der Waals surface area (Å²) in [6.45, 7) is 2.29. The second-order valence-corrected chi connectivity index (χ2v) is 9.26. The van der Waals surface area contributed by atoms with E-state index in [4.69, 9.17) is 9.84 Å². The Hall–Kier alpha value is -2.33. The second-order valence-electron chi connectivity index (χ2n) is 9.26. The Labute approximate surface area is 172 Å². The topological polar surface area (TPSA) is 66.8 Å². The molecule has 4 heteroatoms. The summed E-state index contributed by atoms with van der Waals surface area (Å²) < 4.78 is 5.94. The minimum absolute atomic E-state index is 0.119. The molecule has 0 bridgehead atoms. The van der Waals surface area contributed by atoms with E-state index in [9.17, 15) is 9.90 Å². The van der Waals surface area contributed by atoms with Gasteiger partial charge in [0, 0.05) is 0 Å². The van der Waals surface area contributed by atoms with E-state index >= 15 is 0 Å². The standard InChI is InChI=1S/C25H30O4/c1-24(11-10-18-16-22(18)23(26)27)12-14-25(28,15-13-24)19-6-5-9-21(17-19)29-20-7-3-2-4-8-20/h2-9,17-18,22,28H,10-16H2,1H3,(H,26,27). The van der Waals surface area contributed by atoms with Gasteiger partial charge >= 0.3 is 5.97 Å². The van der Waals surface area contributed by atoms with Crippen LogP contribution in [0.15, 0.2) is 54.6 Å². The van der Waals surface area contributed by atoms with Crippen LogP contribution in [0.25, 0.3) is 0 Å². The molecule has 2 fully saturated rings. The van der Waals surface area contributed by atoms with Gasteiger partial charge in [-0.1, -0.05) is 37.3 Å². The van der Waals surface area contributed by atoms with Crippen molar-refractivity contribution in [1.82, 2.24) is 0 Å². The number of benzene rings is 2. The maximum absolute atomic E-state index is 11.3. The fraction of sp³-hybridized carbons (Fsp3) is 0.480. The molecule has 0 amide bonds. The van der Waals surface area contributed by atoms with Gasteiger partial charge in [-0.25, -0.2) is 0 Å². The lowest BCUT2D eigenvalue weighted by Crippen LogP contribution is -2.36. The first-order valence-electron chi connectivity index (χ1n) is 10.7. The predicted octanol–water partition coefficient (Wildman–Crippen LogP) is 5.75. The SMILES string of the molecule is CC1(CCC2CC2C(=O)O)CCC(O)(c2cccc(Oc3ccccc3)c2)CC1. The van der Waals surface area contributed by atoms with Crippen LogP contribution < -0.4 is 4.74 Å². The van der Waals surface area contributed by atoms with Crippen LogP contribution in [0.2, 0.25) is 0 Å². The minimum atomic E-state index is -0.821. The number of ether oxygens (including phenoxy) is 1. The van der Waals surface area contributed by atoms with Crippen molar-refractivity contribution in [2.75, 3.05) is 0 Å². The Balaban J connectivity index is 1.36. The molecule has 2 aliphatic carbocycles. The van der Waals surface area contributed by atoms with Crippen LogP contribution in [-0.2, 0) is 10.4 Å². The Kier molecular flexibility index (Phi) is 5.39. The van der Waals surface area contributed by atoms with Crippen molar-refractivity contribution < 1.29 is 19.7 Å². The van der Waals surface area contributed by atoms with E-state index in [1.165, 1.54) is 0 Å². The molecule has 29 heavy (non-hydrogen) atoms. The Morgan fingerprint density at radius 2 is 1.72 bits per heavy atom. The van der Waals surface area contributed by atoms with E-state index in [1.54, 1.807) is 0 Å². The molecule has 2 aromatic rings. The molecule has 0 radical (unpaired) electrons. The van der Waals surface area contributed by atoms with Gasteiger partial charge in [0.25, 0.3) is 0 Å². The molecule has 0 spiro atoms. The molecular formula is C25H30O4. The van der Waals surface area contributed by atoms with Crippen molar-refractivity contribution in [3.8, 4) is 11.5 Å². The van der Waals surface area contributed by atoms with Crippen molar-refractivity contribution in [3.05, 3.63) is 60.2 Å². The first-order chi connectivity index (χ1) is 13.9. The molecule has 0 saturated heterocycles. The minimum Gasteiger partial charge on any atom is -0.481 e. The van der Waals surface area contributed by atoms with Gasteiger partial charge < -0.3 is 14.9 Å². The van der Waals surface area contributed by atoms with Gasteiger partial charge in [-0.05, 0) is 86.1 Å². The van der Waals surface area contributed by atoms with Crippen LogP contribution in [0.1, 0.15) is 57.4 Å². The lowest BCUT2D eigenvalue weighted by Gasteiger charge is -2.42. The van der Waals surface area contributed by atoms with Crippen LogP contribution in [0.3, 0.4) is 0 Å². The van der Waals surface area contributed by atoms with Crippen LogP contribution in [0.4, 0.5) is 0 Å². The molecule has 2 saturated carbocycles. The summed E-state index contributed by atoms with van der Waals surface area (Å²) in [7, 11) is 0. The average molecular weight is 395 g/mol. The first-order valence-corrected chi connectivity index (χ1v) is 10.7. The lowest BCUT2D eigenvalue weighted by atomic mass is 9.66. The summed E-state index contributed by atoms with van der Waals surface area (Å²) >= 11 is 0. The van der Waals surface area contributed by atoms with E-state index in [1.807, 2.05) is 54.6 Å². The van der Waals surface area contributed by atoms with Crippen LogP contribution in [-0.4, -0.2) is 16.2 Å². The van der Waals surface area contributed by atoms with Crippen molar-refractivity contribution in [2.45, 2.75) is 57.5 Å². The van der Waals surface area contributed by atoms with Crippen LogP contribution in [0, 0.1) is 17.3 Å². The number of rotatable bonds is 7. The number of carboxylic acids is 1. The number of carbonyl (C=O) groups is 1. The number of aliphatic carboxylic acids is 1. The molecule has 2 aliphatic rings. The largest absolute Gasteiger partial charge is 0.481 e. The Morgan fingerprint density at radius 3 is 2.38 bits per heavy atom. The molecule has 4 nitrogen and oxygen atoms in total. The third-order valence-corrected chi connectivity index (χ3v) is 6.99. The molecule has 2 unspecified atom stereocenters. The van der Waals surface area contributed by atoms with Gasteiger partial charge in [0.05, 0.1) is 11.5 Å². The smallest absolute Gasteiger partial charge is 0.306 e. The summed E-state index contributed by atoms with van der Waals surface area (Å²) in [6, 6.07) is 17.5. The molecule has 2 aromatic carbocycles. The fourth-order valence-corrected chi connectivity index (χ4v) is 4.68. The highest BCUT2D eigenvalue weighted by atomic mass is 16.5. The zero-order valence-corrected chi connectivity index (χ0v) is 17.0. The number of aliphatic hydroxyl groups is 1. The van der Waals surface area contributed by atoms with Crippen molar-refractivity contribution >= 4 is 5.97 Å². The highest BCUT2D eigenvalue weighted by molar-refractivity contribution is 5.73. The van der Waals surface area contributed by atoms with Gasteiger partial charge in [0.1, 0.15) is 11.5 Å². The van der Waals surface area contributed by atoms with E-state index < -0.39 is 11.6 Å². The van der Waals surface area contributed by atoms with E-state index in [-0.39, 0.29) is 11.3 Å². The van der Waals surface area contributed by atoms with Crippen molar-refractivity contribution in [2.24, 2.45) is 17.3 Å². The molecule has 4 rings (SSSR count). The summed E-state index contributed by atoms with van der Waals surface area (Å²) in [5, 5.41) is 20.4. The number of para-hydroxylation sites is 1. The predicted molar refractivity (Wildman–Crippen MR) is 112 cm³/mol. The summed E-state index contributed by atoms with van der Waals surface area (Å²) in [5.41, 5.74) is 0.288. The molecule has 0 heterocycles. The molecular weight excluding hydrogens is 364 g/mol. The van der Waals surface area contributed by atoms with Gasteiger partial charge in [0.15, 0.2) is 0 Å². The van der Waals surface area contributed by atoms with Crippen molar-refractivity contribution in [3.63, 3.8) is 0 Å². The van der Waals surface area contributed by atoms with Crippen molar-refractivity contribution in [1.29, 1.82) is 0 Å². The molecule has 154 valence electrons. The third kappa shape index (κ3) is 4.64. The number of carboxylic acid groups (broad SMARTS) is 1. The van der Waals surface area contributed by atoms with Gasteiger partial charge in [0.2, 0.25) is 0 Å². The van der Waals surface area contributed by atoms with Gasteiger partial charge in [-0.2, -0.15) is 0 Å². The molecule has 2 N–H and O–H groups in total. The summed E-state index contributed by atoms with van der Waals surface area (Å²) in [4.78, 5) is 11.0. The Bertz CT molecular complexity index is 852. The number of hydrogen-bond donors (Lipinski definition) is 2. The lowest BCUT2D eigenvalue weighted by molar-refractivity contribution is -0.138. The normalized spacial score (nSPS) is 31.2. The van der Waals surface area contributed by atoms with E-state index in [0.29, 0.717) is 5.92 Å². The highest BCUT2D eigenvalue weighted by Gasteiger charge is 2.45. The fourth-order valence-electron chi connectivity index (χ4n) is 4.68. The molecule has 0 aliphatic heterocycles. The monoisotopic (exact) mass is 394 g/mol. The van der Waals surface area contributed by atoms with Gasteiger partial charge in [-0.15, -0.1) is 0 Å². The van der Waals surface area contributed by atoms with E-state index in [0.717, 1.165) is 62.0 Å². The summed E-state index contributed by atoms with van der Waals surface area (Å²) in [6.07, 6.45) is 6.25. The first kappa shape index (κ1) is 20.0. The van der Waals surface area contributed by atoms with Crippen LogP contribution in [0.5, 0.6) is 11.5 Å². The zero-order chi connectivity index (χ0) is 20.5. The maximum Gasteiger partial charge on any atom is 0.306 e. The summed E-state index contributed by atoms with van der Waals surface area (Å²) in [5.74, 6) is 1.12. The maximum atomic E-state index is 11.3. The third-order valence-electron chi connectivity index (χ3n) is 6.99. The highest BCUT2D eigenvalue weighted by Crippen LogP contribution is 2.51. The molecule has 2 atom stereocenters. The quantitative estimate of drug-likeness (QED) is 0.628. The Morgan fingerprint density at radius 1 is 1.03 bits per heavy atom. The van der Waals surface area contributed by atoms with E-state index in [2.05, 4.69) is 6.92 Å². The van der Waals surface area contributed by atoms with Gasteiger partial charge in [-0.3, -0.25) is 4.79 Å².